The minimum atomic E-state index is 0.0316. The molecule has 0 fully saturated rings. The maximum Gasteiger partial charge on any atom is 0.0705 e. The van der Waals surface area contributed by atoms with E-state index in [-0.39, 0.29) is 5.41 Å². The minimum Gasteiger partial charge on any atom is -0.309 e. The Hall–Kier alpha value is -4.69. The molecule has 0 saturated heterocycles. The van der Waals surface area contributed by atoms with Crippen LogP contribution in [0.4, 0.5) is 17.1 Å². The molecule has 0 saturated carbocycles. The Balaban J connectivity index is 1.52. The van der Waals surface area contributed by atoms with Gasteiger partial charge in [0.25, 0.3) is 0 Å². The number of pyridine rings is 1. The summed E-state index contributed by atoms with van der Waals surface area (Å²) in [6.45, 7) is 4.62. The molecule has 0 radical (unpaired) electrons. The molecule has 2 nitrogen and oxygen atoms in total. The minimum absolute atomic E-state index is 0.0316. The lowest BCUT2D eigenvalue weighted by Crippen LogP contribution is -2.38. The number of fused-ring (bicyclic) bond motifs is 2. The first-order valence-electron chi connectivity index (χ1n) is 14.7. The topological polar surface area (TPSA) is 16.1 Å². The predicted molar refractivity (Wildman–Crippen MR) is 174 cm³/mol. The lowest BCUT2D eigenvalue weighted by molar-refractivity contribution is 0.329. The molecule has 2 unspecified atom stereocenters. The number of hydrogen-bond donors (Lipinski definition) is 0. The van der Waals surface area contributed by atoms with Crippen LogP contribution in [0.3, 0.4) is 0 Å². The van der Waals surface area contributed by atoms with Crippen molar-refractivity contribution >= 4 is 38.6 Å². The lowest BCUT2D eigenvalue weighted by atomic mass is 9.59. The van der Waals surface area contributed by atoms with Gasteiger partial charge in [-0.05, 0) is 71.5 Å². The highest BCUT2D eigenvalue weighted by molar-refractivity contribution is 6.05. The fourth-order valence-corrected chi connectivity index (χ4v) is 6.85. The molecular weight excluding hydrogens is 496 g/mol. The zero-order valence-electron chi connectivity index (χ0n) is 23.7. The summed E-state index contributed by atoms with van der Waals surface area (Å²) < 4.78 is 0. The first-order chi connectivity index (χ1) is 20.2. The average molecular weight is 531 g/mol. The molecule has 2 heteroatoms. The van der Waals surface area contributed by atoms with Gasteiger partial charge < -0.3 is 4.90 Å². The van der Waals surface area contributed by atoms with Crippen LogP contribution in [0.1, 0.15) is 32.3 Å². The van der Waals surface area contributed by atoms with Crippen molar-refractivity contribution in [1.29, 1.82) is 0 Å². The summed E-state index contributed by atoms with van der Waals surface area (Å²) in [5.41, 5.74) is 7.08. The first-order valence-corrected chi connectivity index (χ1v) is 14.7. The lowest BCUT2D eigenvalue weighted by Gasteiger charge is -2.45. The van der Waals surface area contributed by atoms with E-state index in [9.17, 15) is 0 Å². The zero-order valence-corrected chi connectivity index (χ0v) is 23.7. The van der Waals surface area contributed by atoms with E-state index in [2.05, 4.69) is 146 Å². The second-order valence-corrected chi connectivity index (χ2v) is 11.0. The highest BCUT2D eigenvalue weighted by Crippen LogP contribution is 2.51. The van der Waals surface area contributed by atoms with Crippen molar-refractivity contribution in [2.24, 2.45) is 5.92 Å². The molecule has 200 valence electrons. The molecule has 7 rings (SSSR count). The van der Waals surface area contributed by atoms with E-state index in [0.29, 0.717) is 5.92 Å². The average Bonchev–Trinajstić information content (AvgIpc) is 3.02. The van der Waals surface area contributed by atoms with Crippen molar-refractivity contribution in [2.45, 2.75) is 32.1 Å². The van der Waals surface area contributed by atoms with Gasteiger partial charge in [-0.3, -0.25) is 4.98 Å². The SMILES string of the molecule is CCC1C=CC1(CC)c1ccc(N(c2cccc3ccccc23)c2cccc3ccccc23)cc1-c1ccccn1. The summed E-state index contributed by atoms with van der Waals surface area (Å²) in [7, 11) is 0. The number of nitrogens with zero attached hydrogens (tertiary/aromatic N) is 2. The molecule has 1 aliphatic rings. The van der Waals surface area contributed by atoms with E-state index < -0.39 is 0 Å². The molecule has 6 aromatic rings. The Bertz CT molecular complexity index is 1800. The molecule has 1 aliphatic carbocycles. The largest absolute Gasteiger partial charge is 0.309 e. The van der Waals surface area contributed by atoms with Gasteiger partial charge in [-0.1, -0.05) is 111 Å². The fourth-order valence-electron chi connectivity index (χ4n) is 6.85. The van der Waals surface area contributed by atoms with Crippen LogP contribution in [0, 0.1) is 5.92 Å². The van der Waals surface area contributed by atoms with E-state index in [1.54, 1.807) is 0 Å². The number of benzene rings is 5. The van der Waals surface area contributed by atoms with Crippen LogP contribution in [0.2, 0.25) is 0 Å². The molecule has 1 heterocycles. The van der Waals surface area contributed by atoms with Crippen LogP contribution >= 0.6 is 0 Å². The number of aromatic nitrogens is 1. The third kappa shape index (κ3) is 4.14. The van der Waals surface area contributed by atoms with Crippen LogP contribution in [0.25, 0.3) is 32.8 Å². The monoisotopic (exact) mass is 530 g/mol. The van der Waals surface area contributed by atoms with Crippen molar-refractivity contribution in [2.75, 3.05) is 4.90 Å². The first kappa shape index (κ1) is 25.3. The van der Waals surface area contributed by atoms with Crippen molar-refractivity contribution in [3.63, 3.8) is 0 Å². The molecule has 2 atom stereocenters. The van der Waals surface area contributed by atoms with Gasteiger partial charge >= 0.3 is 0 Å². The summed E-state index contributed by atoms with van der Waals surface area (Å²) in [6, 6.07) is 43.9. The molecule has 0 spiro atoms. The molecule has 5 aromatic carbocycles. The second-order valence-electron chi connectivity index (χ2n) is 11.0. The van der Waals surface area contributed by atoms with Crippen LogP contribution in [-0.4, -0.2) is 4.98 Å². The van der Waals surface area contributed by atoms with E-state index in [4.69, 9.17) is 4.98 Å². The summed E-state index contributed by atoms with van der Waals surface area (Å²) in [6.07, 6.45) is 8.92. The molecular formula is C39H34N2. The van der Waals surface area contributed by atoms with Crippen LogP contribution < -0.4 is 4.90 Å². The molecule has 0 N–H and O–H groups in total. The molecule has 0 aliphatic heterocycles. The smallest absolute Gasteiger partial charge is 0.0705 e. The normalized spacial score (nSPS) is 18.0. The van der Waals surface area contributed by atoms with Crippen molar-refractivity contribution in [1.82, 2.24) is 4.98 Å². The summed E-state index contributed by atoms with van der Waals surface area (Å²) >= 11 is 0. The molecule has 1 aromatic heterocycles. The summed E-state index contributed by atoms with van der Waals surface area (Å²) in [5, 5.41) is 4.91. The maximum atomic E-state index is 4.87. The predicted octanol–water partition coefficient (Wildman–Crippen LogP) is 10.8. The van der Waals surface area contributed by atoms with Crippen molar-refractivity contribution in [3.05, 3.63) is 145 Å². The van der Waals surface area contributed by atoms with Gasteiger partial charge in [0.1, 0.15) is 0 Å². The number of hydrogen-bond acceptors (Lipinski definition) is 2. The molecule has 41 heavy (non-hydrogen) atoms. The summed E-state index contributed by atoms with van der Waals surface area (Å²) in [4.78, 5) is 7.31. The van der Waals surface area contributed by atoms with Gasteiger partial charge in [0.05, 0.1) is 17.1 Å². The Kier molecular flexibility index (Phi) is 6.40. The van der Waals surface area contributed by atoms with Crippen LogP contribution in [-0.2, 0) is 5.41 Å². The van der Waals surface area contributed by atoms with Crippen LogP contribution in [0.5, 0.6) is 0 Å². The number of allylic oxidation sites excluding steroid dienone is 2. The quantitative estimate of drug-likeness (QED) is 0.191. The highest BCUT2D eigenvalue weighted by atomic mass is 15.1. The van der Waals surface area contributed by atoms with Crippen LogP contribution in [0.15, 0.2) is 140 Å². The summed E-state index contributed by atoms with van der Waals surface area (Å²) in [5.74, 6) is 0.535. The van der Waals surface area contributed by atoms with E-state index in [1.165, 1.54) is 44.0 Å². The van der Waals surface area contributed by atoms with E-state index in [0.717, 1.165) is 24.2 Å². The Morgan fingerprint density at radius 2 is 1.32 bits per heavy atom. The third-order valence-electron chi connectivity index (χ3n) is 9.03. The van der Waals surface area contributed by atoms with Gasteiger partial charge in [0.2, 0.25) is 0 Å². The van der Waals surface area contributed by atoms with E-state index >= 15 is 0 Å². The van der Waals surface area contributed by atoms with Gasteiger partial charge in [-0.15, -0.1) is 0 Å². The second kappa shape index (κ2) is 10.4. The fraction of sp³-hybridized carbons (Fsp3) is 0.154. The standard InChI is InChI=1S/C39H34N2/c1-3-30-24-25-39(30,4-2)35-23-22-31(27-34(35)36-19-9-10-26-40-36)41(37-20-11-15-28-13-5-7-17-32(28)37)38-21-12-16-29-14-6-8-18-33(29)38/h5-27,30H,3-4H2,1-2H3. The van der Waals surface area contributed by atoms with Crippen molar-refractivity contribution < 1.29 is 0 Å². The molecule has 0 amide bonds. The molecule has 0 bridgehead atoms. The Labute approximate surface area is 242 Å². The van der Waals surface area contributed by atoms with Crippen molar-refractivity contribution in [3.8, 4) is 11.3 Å². The number of rotatable bonds is 7. The van der Waals surface area contributed by atoms with Gasteiger partial charge in [0, 0.05) is 33.6 Å². The maximum absolute atomic E-state index is 4.87. The Morgan fingerprint density at radius 1 is 0.683 bits per heavy atom. The Morgan fingerprint density at radius 3 is 1.88 bits per heavy atom. The van der Waals surface area contributed by atoms with Gasteiger partial charge in [-0.25, -0.2) is 0 Å². The highest BCUT2D eigenvalue weighted by Gasteiger charge is 2.42. The van der Waals surface area contributed by atoms with E-state index in [1.807, 2.05) is 12.3 Å². The zero-order chi connectivity index (χ0) is 27.8. The third-order valence-corrected chi connectivity index (χ3v) is 9.03. The van der Waals surface area contributed by atoms with Gasteiger partial charge in [0.15, 0.2) is 0 Å². The van der Waals surface area contributed by atoms with Gasteiger partial charge in [-0.2, -0.15) is 0 Å². The number of anilines is 3.